The first-order valence-electron chi connectivity index (χ1n) is 8.41. The van der Waals surface area contributed by atoms with E-state index < -0.39 is 0 Å². The molecule has 2 heterocycles. The van der Waals surface area contributed by atoms with E-state index in [-0.39, 0.29) is 0 Å². The molecule has 0 radical (unpaired) electrons. The maximum Gasteiger partial charge on any atom is 0.216 e. The van der Waals surface area contributed by atoms with Crippen molar-refractivity contribution >= 4 is 29.3 Å². The molecule has 0 bridgehead atoms. The number of hydrogen-bond acceptors (Lipinski definition) is 4. The van der Waals surface area contributed by atoms with Gasteiger partial charge in [-0.25, -0.2) is 0 Å². The maximum atomic E-state index is 9.35. The molecule has 7 heteroatoms. The highest BCUT2D eigenvalue weighted by Crippen LogP contribution is 2.22. The number of aromatic amines is 1. The van der Waals surface area contributed by atoms with E-state index in [0.29, 0.717) is 22.7 Å². The molecule has 2 aromatic carbocycles. The molecule has 4 aromatic rings. The molecule has 0 aliphatic rings. The molecule has 132 valence electrons. The Labute approximate surface area is 161 Å². The fraction of sp³-hybridized carbons (Fsp3) is 0.100. The van der Waals surface area contributed by atoms with E-state index in [4.69, 9.17) is 12.2 Å². The second kappa shape index (κ2) is 7.02. The van der Waals surface area contributed by atoms with Gasteiger partial charge in [-0.2, -0.15) is 20.1 Å². The van der Waals surface area contributed by atoms with E-state index in [1.807, 2.05) is 49.5 Å². The average Bonchev–Trinajstić information content (AvgIpc) is 3.20. The van der Waals surface area contributed by atoms with E-state index in [0.717, 1.165) is 22.0 Å². The summed E-state index contributed by atoms with van der Waals surface area (Å²) >= 11 is 5.20. The molecule has 0 unspecified atom stereocenters. The average molecular weight is 372 g/mol. The van der Waals surface area contributed by atoms with E-state index in [2.05, 4.69) is 38.1 Å². The van der Waals surface area contributed by atoms with Gasteiger partial charge in [0.05, 0.1) is 17.8 Å². The van der Waals surface area contributed by atoms with Gasteiger partial charge in [-0.3, -0.25) is 5.10 Å². The zero-order valence-electron chi connectivity index (χ0n) is 14.6. The van der Waals surface area contributed by atoms with Crippen LogP contribution in [0.25, 0.3) is 10.9 Å². The largest absolute Gasteiger partial charge is 0.342 e. The van der Waals surface area contributed by atoms with Crippen LogP contribution in [0.1, 0.15) is 22.5 Å². The molecule has 0 fully saturated rings. The lowest BCUT2D eigenvalue weighted by atomic mass is 10.1. The van der Waals surface area contributed by atoms with Crippen molar-refractivity contribution in [3.05, 3.63) is 82.0 Å². The van der Waals surface area contributed by atoms with Gasteiger partial charge < -0.3 is 4.57 Å². The molecule has 0 amide bonds. The van der Waals surface area contributed by atoms with Crippen molar-refractivity contribution in [3.63, 3.8) is 0 Å². The van der Waals surface area contributed by atoms with Crippen LogP contribution in [0.3, 0.4) is 0 Å². The van der Waals surface area contributed by atoms with Crippen LogP contribution in [0.4, 0.5) is 0 Å². The third-order valence-electron chi connectivity index (χ3n) is 4.42. The summed E-state index contributed by atoms with van der Waals surface area (Å²) in [4.78, 5) is 0. The summed E-state index contributed by atoms with van der Waals surface area (Å²) in [6.45, 7) is 2.45. The lowest BCUT2D eigenvalue weighted by Gasteiger charge is -2.07. The molecular formula is C20H16N6S. The maximum absolute atomic E-state index is 9.35. The third kappa shape index (κ3) is 3.18. The first kappa shape index (κ1) is 16.9. The SMILES string of the molecule is Cc1n[nH]c(=S)n1/N=C\c1cn(Cc2ccccc2C#N)c2ccccc12. The van der Waals surface area contributed by atoms with Gasteiger partial charge in [0.2, 0.25) is 4.77 Å². The van der Waals surface area contributed by atoms with E-state index >= 15 is 0 Å². The highest BCUT2D eigenvalue weighted by atomic mass is 32.1. The Bertz CT molecular complexity index is 1250. The topological polar surface area (TPSA) is 74.7 Å². The molecule has 27 heavy (non-hydrogen) atoms. The van der Waals surface area contributed by atoms with Gasteiger partial charge in [-0.15, -0.1) is 0 Å². The molecule has 0 saturated carbocycles. The second-order valence-electron chi connectivity index (χ2n) is 6.13. The van der Waals surface area contributed by atoms with Crippen LogP contribution in [-0.4, -0.2) is 25.7 Å². The van der Waals surface area contributed by atoms with Crippen LogP contribution >= 0.6 is 12.2 Å². The number of rotatable bonds is 4. The second-order valence-corrected chi connectivity index (χ2v) is 6.52. The van der Waals surface area contributed by atoms with E-state index in [1.54, 1.807) is 10.9 Å². The Morgan fingerprint density at radius 2 is 2.00 bits per heavy atom. The number of nitrogens with one attached hydrogen (secondary N) is 1. The van der Waals surface area contributed by atoms with Crippen LogP contribution in [-0.2, 0) is 6.54 Å². The van der Waals surface area contributed by atoms with Crippen LogP contribution in [0.15, 0.2) is 59.8 Å². The molecule has 1 N–H and O–H groups in total. The molecule has 0 saturated heterocycles. The van der Waals surface area contributed by atoms with Crippen molar-refractivity contribution in [1.82, 2.24) is 19.4 Å². The number of H-pyrrole nitrogens is 1. The summed E-state index contributed by atoms with van der Waals surface area (Å²) in [5.41, 5.74) is 3.73. The summed E-state index contributed by atoms with van der Waals surface area (Å²) < 4.78 is 4.18. The minimum atomic E-state index is 0.454. The van der Waals surface area contributed by atoms with Crippen LogP contribution in [0.5, 0.6) is 0 Å². The molecule has 0 spiro atoms. The quantitative estimate of drug-likeness (QED) is 0.434. The van der Waals surface area contributed by atoms with Crippen molar-refractivity contribution in [2.24, 2.45) is 5.10 Å². The summed E-state index contributed by atoms with van der Waals surface area (Å²) in [5.74, 6) is 0.697. The summed E-state index contributed by atoms with van der Waals surface area (Å²) in [6.07, 6.45) is 3.83. The smallest absolute Gasteiger partial charge is 0.216 e. The standard InChI is InChI=1S/C20H16N6S/c1-14-23-24-20(27)26(14)22-11-17-13-25(19-9-5-4-8-18(17)19)12-16-7-3-2-6-15(16)10-21/h2-9,11,13H,12H2,1H3,(H,24,27)/b22-11-. The summed E-state index contributed by atoms with van der Waals surface area (Å²) in [5, 5.41) is 21.7. The van der Waals surface area contributed by atoms with Gasteiger partial charge >= 0.3 is 0 Å². The van der Waals surface area contributed by atoms with Crippen molar-refractivity contribution in [1.29, 1.82) is 5.26 Å². The molecule has 0 aliphatic heterocycles. The monoisotopic (exact) mass is 372 g/mol. The van der Waals surface area contributed by atoms with Gasteiger partial charge in [-0.1, -0.05) is 36.4 Å². The normalized spacial score (nSPS) is 11.3. The van der Waals surface area contributed by atoms with Gasteiger partial charge in [0, 0.05) is 29.2 Å². The van der Waals surface area contributed by atoms with Crippen molar-refractivity contribution in [2.45, 2.75) is 13.5 Å². The number of aromatic nitrogens is 4. The number of para-hydroxylation sites is 1. The summed E-state index contributed by atoms with van der Waals surface area (Å²) in [6, 6.07) is 18.0. The molecule has 2 aromatic heterocycles. The number of nitriles is 1. The van der Waals surface area contributed by atoms with Gasteiger partial charge in [0.25, 0.3) is 0 Å². The fourth-order valence-corrected chi connectivity index (χ4v) is 3.31. The van der Waals surface area contributed by atoms with Crippen molar-refractivity contribution in [2.75, 3.05) is 0 Å². The molecular weight excluding hydrogens is 356 g/mol. The number of nitrogens with zero attached hydrogens (tertiary/aromatic N) is 5. The fourth-order valence-electron chi connectivity index (χ4n) is 3.09. The predicted octanol–water partition coefficient (Wildman–Crippen LogP) is 4.01. The van der Waals surface area contributed by atoms with E-state index in [9.17, 15) is 5.26 Å². The van der Waals surface area contributed by atoms with Gasteiger partial charge in [0.15, 0.2) is 0 Å². The van der Waals surface area contributed by atoms with Crippen molar-refractivity contribution < 1.29 is 0 Å². The number of fused-ring (bicyclic) bond motifs is 1. The molecule has 6 nitrogen and oxygen atoms in total. The zero-order valence-corrected chi connectivity index (χ0v) is 15.4. The van der Waals surface area contributed by atoms with Gasteiger partial charge in [-0.05, 0) is 36.8 Å². The third-order valence-corrected chi connectivity index (χ3v) is 4.69. The van der Waals surface area contributed by atoms with Crippen LogP contribution < -0.4 is 0 Å². The highest BCUT2D eigenvalue weighted by Gasteiger charge is 2.09. The Morgan fingerprint density at radius 1 is 1.22 bits per heavy atom. The molecule has 0 atom stereocenters. The number of hydrogen-bond donors (Lipinski definition) is 1. The Hall–Kier alpha value is -3.50. The van der Waals surface area contributed by atoms with Crippen LogP contribution in [0, 0.1) is 23.0 Å². The molecule has 0 aliphatic carbocycles. The van der Waals surface area contributed by atoms with Crippen molar-refractivity contribution in [3.8, 4) is 6.07 Å². The number of aryl methyl sites for hydroxylation is 1. The minimum Gasteiger partial charge on any atom is -0.342 e. The number of benzene rings is 2. The first-order chi connectivity index (χ1) is 13.2. The zero-order chi connectivity index (χ0) is 18.8. The summed E-state index contributed by atoms with van der Waals surface area (Å²) in [7, 11) is 0. The Balaban J connectivity index is 1.78. The van der Waals surface area contributed by atoms with E-state index in [1.165, 1.54) is 0 Å². The lowest BCUT2D eigenvalue weighted by molar-refractivity contribution is 0.819. The Morgan fingerprint density at radius 3 is 2.78 bits per heavy atom. The predicted molar refractivity (Wildman–Crippen MR) is 107 cm³/mol. The van der Waals surface area contributed by atoms with Gasteiger partial charge in [0.1, 0.15) is 5.82 Å². The Kier molecular flexibility index (Phi) is 4.40. The lowest BCUT2D eigenvalue weighted by Crippen LogP contribution is -2.00. The highest BCUT2D eigenvalue weighted by molar-refractivity contribution is 7.71. The first-order valence-corrected chi connectivity index (χ1v) is 8.82. The van der Waals surface area contributed by atoms with Crippen LogP contribution in [0.2, 0.25) is 0 Å². The minimum absolute atomic E-state index is 0.454. The molecule has 4 rings (SSSR count).